The van der Waals surface area contributed by atoms with E-state index in [0.717, 1.165) is 0 Å². The van der Waals surface area contributed by atoms with Gasteiger partial charge in [0.1, 0.15) is 11.8 Å². The van der Waals surface area contributed by atoms with Gasteiger partial charge in [0.15, 0.2) is 0 Å². The van der Waals surface area contributed by atoms with Crippen LogP contribution in [-0.4, -0.2) is 22.8 Å². The number of hydrogen-bond donors (Lipinski definition) is 0. The van der Waals surface area contributed by atoms with Gasteiger partial charge in [-0.2, -0.15) is 5.26 Å². The number of nitro benzene ring substituents is 1. The van der Waals surface area contributed by atoms with E-state index in [1.807, 2.05) is 0 Å². The Morgan fingerprint density at radius 1 is 1.28 bits per heavy atom. The average Bonchev–Trinajstić information content (AvgIpc) is 2.65. The third-order valence-electron chi connectivity index (χ3n) is 3.98. The SMILES string of the molecule is COc1ccc(C(=O)N2C=Cc3c(cccc3[N+](=O)[O-])[C@H]2C#N)cc1. The number of nitrogens with zero attached hydrogens (tertiary/aromatic N) is 3. The molecule has 1 heterocycles. The molecule has 3 rings (SSSR count). The second-order valence-electron chi connectivity index (χ2n) is 5.33. The van der Waals surface area contributed by atoms with Crippen LogP contribution in [0.4, 0.5) is 5.69 Å². The van der Waals surface area contributed by atoms with Gasteiger partial charge in [0.05, 0.1) is 23.7 Å². The van der Waals surface area contributed by atoms with E-state index in [1.165, 1.54) is 36.4 Å². The van der Waals surface area contributed by atoms with Gasteiger partial charge in [-0.25, -0.2) is 0 Å². The molecule has 0 aliphatic carbocycles. The predicted molar refractivity (Wildman–Crippen MR) is 89.6 cm³/mol. The highest BCUT2D eigenvalue weighted by Crippen LogP contribution is 2.35. The van der Waals surface area contributed by atoms with E-state index in [4.69, 9.17) is 4.74 Å². The van der Waals surface area contributed by atoms with E-state index in [0.29, 0.717) is 22.4 Å². The van der Waals surface area contributed by atoms with Gasteiger partial charge in [-0.15, -0.1) is 0 Å². The van der Waals surface area contributed by atoms with Gasteiger partial charge in [0.25, 0.3) is 11.6 Å². The van der Waals surface area contributed by atoms with Crippen molar-refractivity contribution in [2.75, 3.05) is 7.11 Å². The van der Waals surface area contributed by atoms with Crippen molar-refractivity contribution in [1.82, 2.24) is 4.90 Å². The summed E-state index contributed by atoms with van der Waals surface area (Å²) in [6.07, 6.45) is 2.90. The fourth-order valence-electron chi connectivity index (χ4n) is 2.74. The van der Waals surface area contributed by atoms with Crippen LogP contribution in [0.15, 0.2) is 48.7 Å². The Kier molecular flexibility index (Phi) is 4.18. The fraction of sp³-hybridized carbons (Fsp3) is 0.111. The molecule has 0 N–H and O–H groups in total. The molecule has 0 saturated heterocycles. The third-order valence-corrected chi connectivity index (χ3v) is 3.98. The van der Waals surface area contributed by atoms with Crippen LogP contribution in [0, 0.1) is 21.4 Å². The Labute approximate surface area is 143 Å². The van der Waals surface area contributed by atoms with Crippen LogP contribution in [0.2, 0.25) is 0 Å². The highest BCUT2D eigenvalue weighted by molar-refractivity contribution is 5.96. The zero-order chi connectivity index (χ0) is 18.0. The number of rotatable bonds is 3. The molecule has 1 amide bonds. The Hall–Kier alpha value is -3.66. The maximum atomic E-state index is 12.7. The molecule has 2 aromatic carbocycles. The molecule has 1 aliphatic heterocycles. The fourth-order valence-corrected chi connectivity index (χ4v) is 2.74. The number of carbonyl (C=O) groups excluding carboxylic acids is 1. The molecule has 7 heteroatoms. The van der Waals surface area contributed by atoms with Crippen LogP contribution in [0.25, 0.3) is 6.08 Å². The predicted octanol–water partition coefficient (Wildman–Crippen LogP) is 3.29. The monoisotopic (exact) mass is 335 g/mol. The molecule has 0 spiro atoms. The minimum Gasteiger partial charge on any atom is -0.497 e. The van der Waals surface area contributed by atoms with Crippen LogP contribution >= 0.6 is 0 Å². The molecular weight excluding hydrogens is 322 g/mol. The minimum atomic E-state index is -0.936. The molecule has 1 atom stereocenters. The first kappa shape index (κ1) is 16.2. The molecule has 124 valence electrons. The number of methoxy groups -OCH3 is 1. The van der Waals surface area contributed by atoms with Crippen molar-refractivity contribution in [3.8, 4) is 11.8 Å². The van der Waals surface area contributed by atoms with Crippen molar-refractivity contribution >= 4 is 17.7 Å². The second-order valence-corrected chi connectivity index (χ2v) is 5.33. The maximum absolute atomic E-state index is 12.7. The normalized spacial score (nSPS) is 15.2. The van der Waals surface area contributed by atoms with E-state index in [1.54, 1.807) is 30.3 Å². The maximum Gasteiger partial charge on any atom is 0.277 e. The van der Waals surface area contributed by atoms with E-state index < -0.39 is 11.0 Å². The van der Waals surface area contributed by atoms with Crippen molar-refractivity contribution in [1.29, 1.82) is 5.26 Å². The van der Waals surface area contributed by atoms with Crippen molar-refractivity contribution in [2.45, 2.75) is 6.04 Å². The Morgan fingerprint density at radius 3 is 2.60 bits per heavy atom. The smallest absolute Gasteiger partial charge is 0.277 e. The van der Waals surface area contributed by atoms with Gasteiger partial charge in [-0.05, 0) is 30.3 Å². The Balaban J connectivity index is 2.00. The minimum absolute atomic E-state index is 0.0921. The van der Waals surface area contributed by atoms with Gasteiger partial charge < -0.3 is 4.74 Å². The molecule has 7 nitrogen and oxygen atoms in total. The summed E-state index contributed by atoms with van der Waals surface area (Å²) < 4.78 is 5.06. The summed E-state index contributed by atoms with van der Waals surface area (Å²) in [5, 5.41) is 20.7. The van der Waals surface area contributed by atoms with Gasteiger partial charge >= 0.3 is 0 Å². The zero-order valence-electron chi connectivity index (χ0n) is 13.2. The lowest BCUT2D eigenvalue weighted by Gasteiger charge is -2.28. The molecule has 0 aromatic heterocycles. The molecular formula is C18H13N3O4. The molecule has 0 unspecified atom stereocenters. The molecule has 0 saturated carbocycles. The van der Waals surface area contributed by atoms with E-state index in [9.17, 15) is 20.2 Å². The summed E-state index contributed by atoms with van der Waals surface area (Å²) in [5.74, 6) is 0.242. The van der Waals surface area contributed by atoms with Gasteiger partial charge in [0.2, 0.25) is 0 Å². The number of nitro groups is 1. The number of ether oxygens (including phenoxy) is 1. The summed E-state index contributed by atoms with van der Waals surface area (Å²) in [7, 11) is 1.53. The molecule has 2 aromatic rings. The highest BCUT2D eigenvalue weighted by Gasteiger charge is 2.31. The van der Waals surface area contributed by atoms with Crippen molar-refractivity contribution in [3.63, 3.8) is 0 Å². The average molecular weight is 335 g/mol. The number of carbonyl (C=O) groups is 1. The standard InChI is InChI=1S/C18H13N3O4/c1-25-13-7-5-12(6-8-13)18(22)20-10-9-15-14(17(20)11-19)3-2-4-16(15)21(23)24/h2-10,17H,1H3/t17-/m1/s1. The van der Waals surface area contributed by atoms with Crippen molar-refractivity contribution in [2.24, 2.45) is 0 Å². The summed E-state index contributed by atoms with van der Waals surface area (Å²) in [4.78, 5) is 24.7. The molecule has 0 bridgehead atoms. The molecule has 0 radical (unpaired) electrons. The summed E-state index contributed by atoms with van der Waals surface area (Å²) in [5.41, 5.74) is 1.07. The zero-order valence-corrected chi connectivity index (χ0v) is 13.2. The number of nitriles is 1. The van der Waals surface area contributed by atoms with Crippen LogP contribution in [-0.2, 0) is 0 Å². The van der Waals surface area contributed by atoms with E-state index in [2.05, 4.69) is 6.07 Å². The topological polar surface area (TPSA) is 96.5 Å². The van der Waals surface area contributed by atoms with Crippen LogP contribution < -0.4 is 4.74 Å². The van der Waals surface area contributed by atoms with Crippen LogP contribution in [0.1, 0.15) is 27.5 Å². The summed E-state index contributed by atoms with van der Waals surface area (Å²) in [6.45, 7) is 0. The third kappa shape index (κ3) is 2.81. The number of fused-ring (bicyclic) bond motifs is 1. The Morgan fingerprint density at radius 2 is 2.00 bits per heavy atom. The largest absolute Gasteiger partial charge is 0.497 e. The van der Waals surface area contributed by atoms with Crippen molar-refractivity contribution < 1.29 is 14.5 Å². The lowest BCUT2D eigenvalue weighted by atomic mass is 9.95. The van der Waals surface area contributed by atoms with Crippen molar-refractivity contribution in [3.05, 3.63) is 75.5 Å². The Bertz CT molecular complexity index is 913. The number of amides is 1. The van der Waals surface area contributed by atoms with Crippen LogP contribution in [0.3, 0.4) is 0 Å². The number of hydrogen-bond acceptors (Lipinski definition) is 5. The molecule has 25 heavy (non-hydrogen) atoms. The van der Waals surface area contributed by atoms with Gasteiger partial charge in [0, 0.05) is 23.4 Å². The lowest BCUT2D eigenvalue weighted by Crippen LogP contribution is -2.32. The highest BCUT2D eigenvalue weighted by atomic mass is 16.6. The van der Waals surface area contributed by atoms with Gasteiger partial charge in [-0.1, -0.05) is 12.1 Å². The lowest BCUT2D eigenvalue weighted by molar-refractivity contribution is -0.385. The van der Waals surface area contributed by atoms with Crippen LogP contribution in [0.5, 0.6) is 5.75 Å². The summed E-state index contributed by atoms with van der Waals surface area (Å²) >= 11 is 0. The molecule has 1 aliphatic rings. The first-order valence-electron chi connectivity index (χ1n) is 7.38. The molecule has 0 fully saturated rings. The summed E-state index contributed by atoms with van der Waals surface area (Å²) in [6, 6.07) is 12.1. The van der Waals surface area contributed by atoms with E-state index in [-0.39, 0.29) is 11.6 Å². The first-order chi connectivity index (χ1) is 12.1. The number of benzene rings is 2. The van der Waals surface area contributed by atoms with E-state index >= 15 is 0 Å². The first-order valence-corrected chi connectivity index (χ1v) is 7.38. The van der Waals surface area contributed by atoms with Gasteiger partial charge in [-0.3, -0.25) is 19.8 Å². The second kappa shape index (κ2) is 6.45. The quantitative estimate of drug-likeness (QED) is 0.633.